The lowest BCUT2D eigenvalue weighted by atomic mass is 9.83. The molecule has 5 aromatic rings. The molecule has 1 N–H and O–H groups in total. The molecule has 7 rings (SSSR count). The Kier molecular flexibility index (Phi) is 8.81. The van der Waals surface area contributed by atoms with Crippen molar-refractivity contribution in [3.8, 4) is 0 Å². The minimum Gasteiger partial charge on any atom is -0.372 e. The molecule has 3 heterocycles. The van der Waals surface area contributed by atoms with E-state index in [0.717, 1.165) is 69.7 Å². The molecule has 3 amide bonds. The number of thiazole rings is 1. The van der Waals surface area contributed by atoms with Gasteiger partial charge in [-0.3, -0.25) is 23.7 Å². The number of aromatic nitrogens is 1. The Bertz CT molecular complexity index is 2190. The molecule has 50 heavy (non-hydrogen) atoms. The van der Waals surface area contributed by atoms with E-state index in [-0.39, 0.29) is 12.2 Å². The number of nitrogens with one attached hydrogen (secondary N) is 1. The summed E-state index contributed by atoms with van der Waals surface area (Å²) in [7, 11) is 0. The molecule has 256 valence electrons. The maximum absolute atomic E-state index is 14.2. The van der Waals surface area contributed by atoms with Crippen LogP contribution in [0.4, 0.5) is 30.2 Å². The van der Waals surface area contributed by atoms with E-state index in [1.165, 1.54) is 16.7 Å². The van der Waals surface area contributed by atoms with E-state index in [4.69, 9.17) is 0 Å². The maximum atomic E-state index is 14.2. The number of halogens is 3. The largest absolute Gasteiger partial charge is 0.416 e. The van der Waals surface area contributed by atoms with E-state index in [2.05, 4.69) is 10.2 Å². The van der Waals surface area contributed by atoms with E-state index in [1.54, 1.807) is 6.07 Å². The molecule has 1 fully saturated rings. The highest BCUT2D eigenvalue weighted by molar-refractivity contribution is 8.00. The predicted octanol–water partition coefficient (Wildman–Crippen LogP) is 7.36. The molecule has 3 atom stereocenters. The summed E-state index contributed by atoms with van der Waals surface area (Å²) >= 11 is 1.92. The Morgan fingerprint density at radius 2 is 1.58 bits per heavy atom. The van der Waals surface area contributed by atoms with Gasteiger partial charge in [0.05, 0.1) is 22.2 Å². The fourth-order valence-corrected chi connectivity index (χ4v) is 9.56. The van der Waals surface area contributed by atoms with E-state index in [0.29, 0.717) is 21.2 Å². The lowest BCUT2D eigenvalue weighted by Gasteiger charge is -2.31. The molecule has 1 aromatic heterocycles. The number of rotatable bonds is 8. The summed E-state index contributed by atoms with van der Waals surface area (Å²) in [5, 5.41) is 4.14. The third-order valence-corrected chi connectivity index (χ3v) is 11.8. The number of hydrogen-bond acceptors (Lipinski definition) is 7. The third-order valence-electron chi connectivity index (χ3n) is 9.20. The van der Waals surface area contributed by atoms with Crippen LogP contribution >= 0.6 is 23.1 Å². The van der Waals surface area contributed by atoms with Crippen molar-refractivity contribution in [2.45, 2.75) is 42.8 Å². The Labute approximate surface area is 293 Å². The zero-order valence-corrected chi connectivity index (χ0v) is 28.6. The molecule has 1 saturated heterocycles. The first-order valence-electron chi connectivity index (χ1n) is 16.1. The average Bonchev–Trinajstić information content (AvgIpc) is 3.54. The highest BCUT2D eigenvalue weighted by Gasteiger charge is 2.57. The summed E-state index contributed by atoms with van der Waals surface area (Å²) in [6.45, 7) is 5.28. The number of benzene rings is 4. The van der Waals surface area contributed by atoms with Gasteiger partial charge in [0.25, 0.3) is 0 Å². The number of anilines is 3. The zero-order valence-electron chi connectivity index (χ0n) is 26.9. The van der Waals surface area contributed by atoms with Gasteiger partial charge in [0.15, 0.2) is 0 Å². The predicted molar refractivity (Wildman–Crippen MR) is 190 cm³/mol. The normalized spacial score (nSPS) is 18.7. The molecule has 2 aliphatic rings. The summed E-state index contributed by atoms with van der Waals surface area (Å²) in [5.41, 5.74) is 1.04. The molecule has 0 radical (unpaired) electrons. The van der Waals surface area contributed by atoms with Gasteiger partial charge >= 0.3 is 11.0 Å². The van der Waals surface area contributed by atoms with Gasteiger partial charge in [-0.2, -0.15) is 13.2 Å². The minimum absolute atomic E-state index is 0.170. The van der Waals surface area contributed by atoms with E-state index >= 15 is 0 Å². The highest BCUT2D eigenvalue weighted by atomic mass is 32.2. The number of alkyl halides is 3. The van der Waals surface area contributed by atoms with Crippen molar-refractivity contribution in [3.05, 3.63) is 117 Å². The van der Waals surface area contributed by atoms with Crippen LogP contribution in [0.2, 0.25) is 0 Å². The van der Waals surface area contributed by atoms with Crippen molar-refractivity contribution in [2.75, 3.05) is 28.2 Å². The van der Waals surface area contributed by atoms with E-state index < -0.39 is 51.4 Å². The zero-order chi connectivity index (χ0) is 35.3. The SMILES string of the molecule is CCN(CC)c1ccc(C2c3sc(=O)n(CC(=O)Nc4ccc5ccccc5c4)c3SC3C(=O)N(c4cccc(C(F)(F)F)c4)C(=O)C32)cc1. The molecule has 0 bridgehead atoms. The number of fused-ring (bicyclic) bond motifs is 3. The number of imide groups is 1. The first-order valence-corrected chi connectivity index (χ1v) is 17.8. The van der Waals surface area contributed by atoms with Crippen LogP contribution in [0.15, 0.2) is 101 Å². The van der Waals surface area contributed by atoms with Gasteiger partial charge in [0.1, 0.15) is 11.8 Å². The summed E-state index contributed by atoms with van der Waals surface area (Å²) in [4.78, 5) is 58.2. The Balaban J connectivity index is 1.27. The van der Waals surface area contributed by atoms with Crippen molar-refractivity contribution in [2.24, 2.45) is 5.92 Å². The first-order chi connectivity index (χ1) is 24.0. The van der Waals surface area contributed by atoms with Gasteiger partial charge in [0.2, 0.25) is 17.7 Å². The van der Waals surface area contributed by atoms with Crippen LogP contribution in [0.3, 0.4) is 0 Å². The summed E-state index contributed by atoms with van der Waals surface area (Å²) in [6, 6.07) is 24.9. The monoisotopic (exact) mass is 716 g/mol. The minimum atomic E-state index is -4.67. The standard InChI is InChI=1S/C37H31F3N4O4S2/c1-3-42(4-2)26-16-13-22(14-17-26)29-30-31(34(47)44(33(30)46)27-11-7-10-24(19-27)37(38,39)40)49-35-32(29)50-36(48)43(35)20-28(45)41-25-15-12-21-8-5-6-9-23(21)18-25/h5-19,29-31H,3-4,20H2,1-2H3,(H,41,45). The quantitative estimate of drug-likeness (QED) is 0.169. The van der Waals surface area contributed by atoms with Crippen molar-refractivity contribution in [1.82, 2.24) is 4.57 Å². The summed E-state index contributed by atoms with van der Waals surface area (Å²) < 4.78 is 42.2. The van der Waals surface area contributed by atoms with Crippen LogP contribution in [0, 0.1) is 5.92 Å². The van der Waals surface area contributed by atoms with Gasteiger partial charge in [-0.05, 0) is 72.6 Å². The maximum Gasteiger partial charge on any atom is 0.416 e. The molecule has 3 unspecified atom stereocenters. The smallest absolute Gasteiger partial charge is 0.372 e. The number of nitrogens with zero attached hydrogens (tertiary/aromatic N) is 3. The van der Waals surface area contributed by atoms with Crippen LogP contribution in [0.5, 0.6) is 0 Å². The molecule has 8 nitrogen and oxygen atoms in total. The number of hydrogen-bond donors (Lipinski definition) is 1. The highest BCUT2D eigenvalue weighted by Crippen LogP contribution is 2.54. The fraction of sp³-hybridized carbons (Fsp3) is 0.243. The van der Waals surface area contributed by atoms with Gasteiger partial charge in [-0.15, -0.1) is 0 Å². The molecular weight excluding hydrogens is 686 g/mol. The third kappa shape index (κ3) is 5.98. The van der Waals surface area contributed by atoms with E-state index in [1.807, 2.05) is 74.5 Å². The lowest BCUT2D eigenvalue weighted by Crippen LogP contribution is -2.33. The van der Waals surface area contributed by atoms with Gasteiger partial charge in [-0.25, -0.2) is 4.90 Å². The van der Waals surface area contributed by atoms with E-state index in [9.17, 15) is 32.3 Å². The van der Waals surface area contributed by atoms with Crippen molar-refractivity contribution < 1.29 is 27.6 Å². The molecule has 0 saturated carbocycles. The second kappa shape index (κ2) is 13.1. The molecule has 0 aliphatic carbocycles. The van der Waals surface area contributed by atoms with Crippen LogP contribution in [-0.4, -0.2) is 40.6 Å². The van der Waals surface area contributed by atoms with Crippen LogP contribution in [-0.2, 0) is 27.1 Å². The molecule has 13 heteroatoms. The van der Waals surface area contributed by atoms with Gasteiger partial charge in [0, 0.05) is 35.3 Å². The Morgan fingerprint density at radius 3 is 2.28 bits per heavy atom. The van der Waals surface area contributed by atoms with Crippen molar-refractivity contribution in [1.29, 1.82) is 0 Å². The molecule has 4 aromatic carbocycles. The van der Waals surface area contributed by atoms with Crippen molar-refractivity contribution >= 4 is 68.7 Å². The molecular formula is C37H31F3N4O4S2. The summed E-state index contributed by atoms with van der Waals surface area (Å²) in [5.74, 6) is -3.52. The average molecular weight is 717 g/mol. The Morgan fingerprint density at radius 1 is 0.860 bits per heavy atom. The second-order valence-corrected chi connectivity index (χ2v) is 14.2. The fourth-order valence-electron chi connectivity index (χ4n) is 6.78. The van der Waals surface area contributed by atoms with Crippen LogP contribution in [0.1, 0.15) is 35.8 Å². The second-order valence-electron chi connectivity index (χ2n) is 12.1. The van der Waals surface area contributed by atoms with Crippen LogP contribution in [0.25, 0.3) is 10.8 Å². The number of carbonyl (C=O) groups is 3. The van der Waals surface area contributed by atoms with Crippen molar-refractivity contribution in [3.63, 3.8) is 0 Å². The number of thioether (sulfide) groups is 1. The topological polar surface area (TPSA) is 91.7 Å². The molecule has 0 spiro atoms. The first kappa shape index (κ1) is 33.6. The summed E-state index contributed by atoms with van der Waals surface area (Å²) in [6.07, 6.45) is -4.67. The molecule has 2 aliphatic heterocycles. The van der Waals surface area contributed by atoms with Crippen LogP contribution < -0.4 is 20.0 Å². The lowest BCUT2D eigenvalue weighted by molar-refractivity contribution is -0.137. The van der Waals surface area contributed by atoms with Gasteiger partial charge in [-0.1, -0.05) is 71.6 Å². The Hall–Kier alpha value is -4.88. The number of amides is 3. The number of carbonyl (C=O) groups excluding carboxylic acids is 3. The van der Waals surface area contributed by atoms with Gasteiger partial charge < -0.3 is 10.2 Å².